The average molecular weight is 645 g/mol. The number of thiazole rings is 1. The molecule has 6 rings (SSSR count). The van der Waals surface area contributed by atoms with Crippen LogP contribution in [0.3, 0.4) is 0 Å². The van der Waals surface area contributed by atoms with E-state index in [-0.39, 0.29) is 63.0 Å². The van der Waals surface area contributed by atoms with Gasteiger partial charge in [0.25, 0.3) is 0 Å². The Morgan fingerprint density at radius 1 is 1.02 bits per heavy atom. The molecule has 0 saturated heterocycles. The summed E-state index contributed by atoms with van der Waals surface area (Å²) in [5.41, 5.74) is -0.276. The third kappa shape index (κ3) is 5.56. The van der Waals surface area contributed by atoms with Crippen molar-refractivity contribution in [1.82, 2.24) is 14.8 Å². The average Bonchev–Trinajstić information content (AvgIpc) is 3.49. The smallest absolute Gasteiger partial charge is 0.399 e. The summed E-state index contributed by atoms with van der Waals surface area (Å²) in [6.45, 7) is 0. The van der Waals surface area contributed by atoms with Crippen LogP contribution < -0.4 is 5.14 Å². The number of benzene rings is 3. The van der Waals surface area contributed by atoms with Crippen molar-refractivity contribution in [1.29, 1.82) is 0 Å². The molecule has 1 aliphatic rings. The Morgan fingerprint density at radius 2 is 1.70 bits per heavy atom. The molecule has 5 aromatic rings. The molecule has 14 heteroatoms. The summed E-state index contributed by atoms with van der Waals surface area (Å²) < 4.78 is 72.4. The summed E-state index contributed by atoms with van der Waals surface area (Å²) in [7, 11) is -2.32. The van der Waals surface area contributed by atoms with Gasteiger partial charge >= 0.3 is 12.1 Å². The molecule has 3 aromatic carbocycles. The molecular weight excluding hydrogens is 620 g/mol. The fourth-order valence-electron chi connectivity index (χ4n) is 5.20. The van der Waals surface area contributed by atoms with Crippen LogP contribution in [-0.2, 0) is 27.0 Å². The summed E-state index contributed by atoms with van der Waals surface area (Å²) in [6.07, 6.45) is -5.38. The van der Waals surface area contributed by atoms with Crippen molar-refractivity contribution in [2.75, 3.05) is 0 Å². The largest absolute Gasteiger partial charge is 0.870 e. The van der Waals surface area contributed by atoms with Gasteiger partial charge in [-0.15, -0.1) is 16.5 Å². The lowest BCUT2D eigenvalue weighted by Gasteiger charge is -2.22. The van der Waals surface area contributed by atoms with E-state index in [0.717, 1.165) is 33.2 Å². The molecule has 2 aromatic heterocycles. The fourth-order valence-corrected chi connectivity index (χ4v) is 6.42. The first kappa shape index (κ1) is 31.2. The molecule has 0 radical (unpaired) electrons. The molecule has 8 nitrogen and oxygen atoms in total. The van der Waals surface area contributed by atoms with Crippen molar-refractivity contribution in [3.05, 3.63) is 107 Å². The van der Waals surface area contributed by atoms with E-state index in [9.17, 15) is 27.3 Å². The lowest BCUT2D eigenvalue weighted by atomic mass is 9.90. The van der Waals surface area contributed by atoms with Crippen LogP contribution in [0, 0.1) is 5.82 Å². The van der Waals surface area contributed by atoms with Crippen molar-refractivity contribution in [2.45, 2.75) is 35.7 Å². The molecular formula is C30H24F4N4O4S2. The third-order valence-electron chi connectivity index (χ3n) is 7.52. The number of thiol groups is 1. The molecule has 0 bridgehead atoms. The van der Waals surface area contributed by atoms with Gasteiger partial charge < -0.3 is 10.6 Å². The first-order valence-corrected chi connectivity index (χ1v) is 15.2. The lowest BCUT2D eigenvalue weighted by Crippen LogP contribution is -2.32. The molecule has 1 atom stereocenters. The highest BCUT2D eigenvalue weighted by Gasteiger charge is 2.67. The highest BCUT2D eigenvalue weighted by molar-refractivity contribution is 7.82. The molecule has 1 fully saturated rings. The van der Waals surface area contributed by atoms with Gasteiger partial charge in [-0.3, -0.25) is 0 Å². The Labute approximate surface area is 254 Å². The number of carboxylic acids is 1. The molecule has 44 heavy (non-hydrogen) atoms. The van der Waals surface area contributed by atoms with Crippen LogP contribution in [-0.4, -0.2) is 37.5 Å². The zero-order valence-corrected chi connectivity index (χ0v) is 24.3. The van der Waals surface area contributed by atoms with Crippen molar-refractivity contribution in [2.24, 2.45) is 5.14 Å². The van der Waals surface area contributed by atoms with Gasteiger partial charge in [-0.25, -0.2) is 18.9 Å². The second-order valence-corrected chi connectivity index (χ2v) is 12.2. The SMILES string of the molecule is N[SH+](=O)c1ccc(Cc2c(-c3cccc(-c4ccccc4)c3)nn(-c3nc(C(=O)O)cs3)c2C2(C(F)(F)F)CC2)c(F)c1.[OH-]. The zero-order valence-electron chi connectivity index (χ0n) is 22.6. The topological polar surface area (TPSA) is 141 Å². The van der Waals surface area contributed by atoms with Crippen LogP contribution in [0.2, 0.25) is 0 Å². The first-order valence-electron chi connectivity index (χ1n) is 13.0. The molecule has 228 valence electrons. The molecule has 4 N–H and O–H groups in total. The number of hydrogen-bond acceptors (Lipinski definition) is 6. The number of halogens is 4. The van der Waals surface area contributed by atoms with E-state index in [1.54, 1.807) is 18.2 Å². The Kier molecular flexibility index (Phi) is 8.29. The van der Waals surface area contributed by atoms with E-state index in [1.165, 1.54) is 17.5 Å². The fraction of sp³-hybridized carbons (Fsp3) is 0.167. The Bertz CT molecular complexity index is 1890. The molecule has 2 heterocycles. The Hall–Kier alpha value is -4.24. The number of rotatable bonds is 8. The van der Waals surface area contributed by atoms with Crippen LogP contribution >= 0.6 is 11.3 Å². The lowest BCUT2D eigenvalue weighted by molar-refractivity contribution is -0.162. The first-order chi connectivity index (χ1) is 20.5. The van der Waals surface area contributed by atoms with Gasteiger partial charge in [-0.05, 0) is 41.7 Å². The minimum Gasteiger partial charge on any atom is -0.870 e. The number of nitrogens with zero attached hydrogens (tertiary/aromatic N) is 3. The minimum atomic E-state index is -4.67. The Balaban J connectivity index is 0.00000384. The van der Waals surface area contributed by atoms with Crippen LogP contribution in [0.15, 0.2) is 83.1 Å². The zero-order chi connectivity index (χ0) is 30.5. The van der Waals surface area contributed by atoms with Gasteiger partial charge in [-0.2, -0.15) is 18.3 Å². The van der Waals surface area contributed by atoms with Gasteiger partial charge in [0.05, 0.1) is 11.4 Å². The van der Waals surface area contributed by atoms with E-state index in [4.69, 9.17) is 5.14 Å². The predicted octanol–water partition coefficient (Wildman–Crippen LogP) is 6.44. The maximum absolute atomic E-state index is 15.3. The van der Waals surface area contributed by atoms with Crippen molar-refractivity contribution < 1.29 is 37.1 Å². The number of nitrogens with two attached hydrogens (primary N) is 1. The number of alkyl halides is 3. The molecule has 1 saturated carbocycles. The van der Waals surface area contributed by atoms with E-state index in [1.807, 2.05) is 36.4 Å². The Morgan fingerprint density at radius 3 is 2.30 bits per heavy atom. The number of hydrogen-bond donors (Lipinski definition) is 2. The maximum Gasteiger partial charge on any atom is 0.399 e. The van der Waals surface area contributed by atoms with Gasteiger partial charge in [0.1, 0.15) is 11.2 Å². The van der Waals surface area contributed by atoms with Crippen molar-refractivity contribution in [3.8, 4) is 27.5 Å². The van der Waals surface area contributed by atoms with Crippen LogP contribution in [0.5, 0.6) is 0 Å². The summed E-state index contributed by atoms with van der Waals surface area (Å²) in [4.78, 5) is 15.7. The summed E-state index contributed by atoms with van der Waals surface area (Å²) in [6, 6.07) is 20.3. The number of aromatic carboxylic acids is 1. The van der Waals surface area contributed by atoms with Crippen LogP contribution in [0.4, 0.5) is 17.6 Å². The number of carboxylic acid groups (broad SMARTS) is 1. The van der Waals surface area contributed by atoms with E-state index in [2.05, 4.69) is 10.1 Å². The van der Waals surface area contributed by atoms with Crippen LogP contribution in [0.25, 0.3) is 27.5 Å². The third-order valence-corrected chi connectivity index (χ3v) is 9.13. The molecule has 0 amide bonds. The molecule has 1 unspecified atom stereocenters. The summed E-state index contributed by atoms with van der Waals surface area (Å²) >= 11 is 0.852. The van der Waals surface area contributed by atoms with Crippen molar-refractivity contribution >= 4 is 28.3 Å². The molecule has 1 aliphatic carbocycles. The van der Waals surface area contributed by atoms with Crippen LogP contribution in [0.1, 0.15) is 40.2 Å². The summed E-state index contributed by atoms with van der Waals surface area (Å²) in [5.74, 6) is -2.10. The van der Waals surface area contributed by atoms with Gasteiger partial charge in [0.2, 0.25) is 5.13 Å². The predicted molar refractivity (Wildman–Crippen MR) is 157 cm³/mol. The second kappa shape index (κ2) is 11.7. The van der Waals surface area contributed by atoms with E-state index in [0.29, 0.717) is 5.56 Å². The highest BCUT2D eigenvalue weighted by atomic mass is 32.2. The quantitative estimate of drug-likeness (QED) is 0.113. The normalized spacial score (nSPS) is 14.6. The number of aromatic nitrogens is 3. The van der Waals surface area contributed by atoms with Gasteiger partial charge in [0.15, 0.2) is 21.6 Å². The van der Waals surface area contributed by atoms with E-state index >= 15 is 4.39 Å². The van der Waals surface area contributed by atoms with Crippen molar-refractivity contribution in [3.63, 3.8) is 0 Å². The summed E-state index contributed by atoms with van der Waals surface area (Å²) in [5, 5.41) is 20.7. The maximum atomic E-state index is 15.3. The van der Waals surface area contributed by atoms with E-state index < -0.39 is 34.4 Å². The van der Waals surface area contributed by atoms with Gasteiger partial charge in [0, 0.05) is 29.0 Å². The standard InChI is InChI=1S/C30H22F4N4O3S2.H2O/c31-23-15-21(43(35)41)10-9-19(23)14-22-25(20-8-4-7-18(13-20)17-5-2-1-3-6-17)37-38(28-36-24(16-42-28)27(39)40)26(22)29(11-12-29)30(32,33)34;/h1-10,13,15-16H,11-12,14H2,(H2,35,41)(H,39,40);1H2. The minimum absolute atomic E-state index is 0. The monoisotopic (exact) mass is 644 g/mol. The highest BCUT2D eigenvalue weighted by Crippen LogP contribution is 2.61. The number of carbonyl (C=O) groups is 1. The second-order valence-electron chi connectivity index (χ2n) is 10.2. The molecule has 0 spiro atoms. The van der Waals surface area contributed by atoms with Gasteiger partial charge in [-0.1, -0.05) is 58.8 Å². The molecule has 0 aliphatic heterocycles.